The van der Waals surface area contributed by atoms with Gasteiger partial charge in [0.25, 0.3) is 0 Å². The average Bonchev–Trinajstić information content (AvgIpc) is 2.58. The van der Waals surface area contributed by atoms with E-state index < -0.39 is 0 Å². The molecule has 0 atom stereocenters. The molecule has 0 N–H and O–H groups in total. The molecule has 1 aliphatic rings. The van der Waals surface area contributed by atoms with Crippen LogP contribution in [0.1, 0.15) is 24.5 Å². The minimum absolute atomic E-state index is 1.10. The quantitative estimate of drug-likeness (QED) is 0.636. The van der Waals surface area contributed by atoms with E-state index in [9.17, 15) is 0 Å². The maximum atomic E-state index is 2.30. The Kier molecular flexibility index (Phi) is 2.31. The molecule has 0 heteroatoms. The summed E-state index contributed by atoms with van der Waals surface area (Å²) < 4.78 is 0. The molecular formula is C13H14. The van der Waals surface area contributed by atoms with Crippen LogP contribution in [0, 0.1) is 0 Å². The first-order valence-electron chi connectivity index (χ1n) is 4.87. The molecule has 0 unspecified atom stereocenters. The van der Waals surface area contributed by atoms with Crippen LogP contribution in [0.5, 0.6) is 0 Å². The Morgan fingerprint density at radius 1 is 1.31 bits per heavy atom. The molecule has 66 valence electrons. The van der Waals surface area contributed by atoms with Crippen LogP contribution in [0.25, 0.3) is 5.57 Å². The highest BCUT2D eigenvalue weighted by molar-refractivity contribution is 5.79. The fraction of sp³-hybridized carbons (Fsp3) is 0.231. The molecule has 2 rings (SSSR count). The van der Waals surface area contributed by atoms with Crippen LogP contribution in [0.3, 0.4) is 0 Å². The largest absolute Gasteiger partial charge is 0.0842 e. The second kappa shape index (κ2) is 3.61. The van der Waals surface area contributed by atoms with Crippen LogP contribution >= 0.6 is 0 Å². The van der Waals surface area contributed by atoms with Crippen LogP contribution in [0.2, 0.25) is 0 Å². The zero-order valence-corrected chi connectivity index (χ0v) is 7.96. The first-order chi connectivity index (χ1) is 6.42. The van der Waals surface area contributed by atoms with Crippen molar-refractivity contribution in [2.45, 2.75) is 19.8 Å². The minimum Gasteiger partial charge on any atom is -0.0842 e. The third-order valence-electron chi connectivity index (χ3n) is 2.40. The van der Waals surface area contributed by atoms with Crippen LogP contribution in [-0.2, 0) is 6.42 Å². The molecule has 0 fully saturated rings. The van der Waals surface area contributed by atoms with Crippen molar-refractivity contribution < 1.29 is 0 Å². The second-order valence-electron chi connectivity index (χ2n) is 3.33. The van der Waals surface area contributed by atoms with E-state index >= 15 is 0 Å². The standard InChI is InChI=1S/C13H14/c1-2-3-6-11-9-10-12-7-4-5-8-13(11)12/h3-9H,2,10H2,1H3/b6-3+. The Balaban J connectivity index is 2.31. The number of fused-ring (bicyclic) bond motifs is 1. The Labute approximate surface area is 79.6 Å². The van der Waals surface area contributed by atoms with E-state index in [4.69, 9.17) is 0 Å². The molecule has 0 radical (unpaired) electrons. The van der Waals surface area contributed by atoms with Gasteiger partial charge in [-0.1, -0.05) is 49.4 Å². The summed E-state index contributed by atoms with van der Waals surface area (Å²) >= 11 is 0. The molecule has 0 nitrogen and oxygen atoms in total. The summed E-state index contributed by atoms with van der Waals surface area (Å²) in [5, 5.41) is 0. The number of rotatable bonds is 2. The van der Waals surface area contributed by atoms with Gasteiger partial charge < -0.3 is 0 Å². The molecule has 0 aromatic heterocycles. The van der Waals surface area contributed by atoms with E-state index in [0.717, 1.165) is 12.8 Å². The van der Waals surface area contributed by atoms with Gasteiger partial charge in [-0.3, -0.25) is 0 Å². The van der Waals surface area contributed by atoms with E-state index in [1.54, 1.807) is 0 Å². The first-order valence-corrected chi connectivity index (χ1v) is 4.87. The Morgan fingerprint density at radius 3 is 3.00 bits per heavy atom. The Hall–Kier alpha value is -1.30. The number of hydrogen-bond acceptors (Lipinski definition) is 0. The zero-order chi connectivity index (χ0) is 9.10. The van der Waals surface area contributed by atoms with Crippen molar-refractivity contribution in [3.05, 3.63) is 53.6 Å². The van der Waals surface area contributed by atoms with Gasteiger partial charge >= 0.3 is 0 Å². The minimum atomic E-state index is 1.10. The van der Waals surface area contributed by atoms with Crippen LogP contribution in [0.15, 0.2) is 42.5 Å². The van der Waals surface area contributed by atoms with Crippen molar-refractivity contribution in [1.82, 2.24) is 0 Å². The molecule has 0 aliphatic heterocycles. The van der Waals surface area contributed by atoms with Gasteiger partial charge in [0.2, 0.25) is 0 Å². The SMILES string of the molecule is CC/C=C/C1=CCc2ccccc21. The number of allylic oxidation sites excluding steroid dienone is 4. The van der Waals surface area contributed by atoms with E-state index in [2.05, 4.69) is 49.4 Å². The monoisotopic (exact) mass is 170 g/mol. The van der Waals surface area contributed by atoms with Gasteiger partial charge in [-0.2, -0.15) is 0 Å². The van der Waals surface area contributed by atoms with Crippen LogP contribution in [0.4, 0.5) is 0 Å². The molecule has 13 heavy (non-hydrogen) atoms. The Morgan fingerprint density at radius 2 is 2.15 bits per heavy atom. The van der Waals surface area contributed by atoms with Gasteiger partial charge in [-0.15, -0.1) is 0 Å². The molecule has 0 heterocycles. The normalized spacial score (nSPS) is 14.7. The lowest BCUT2D eigenvalue weighted by molar-refractivity contribution is 1.23. The molecular weight excluding hydrogens is 156 g/mol. The second-order valence-corrected chi connectivity index (χ2v) is 3.33. The van der Waals surface area contributed by atoms with E-state index in [0.29, 0.717) is 0 Å². The average molecular weight is 170 g/mol. The third kappa shape index (κ3) is 1.57. The maximum absolute atomic E-state index is 2.30. The molecule has 0 spiro atoms. The molecule has 0 saturated carbocycles. The predicted octanol–water partition coefficient (Wildman–Crippen LogP) is 3.59. The smallest absolute Gasteiger partial charge is 0.00821 e. The highest BCUT2D eigenvalue weighted by Gasteiger charge is 2.09. The van der Waals surface area contributed by atoms with Crippen molar-refractivity contribution in [2.75, 3.05) is 0 Å². The number of benzene rings is 1. The summed E-state index contributed by atoms with van der Waals surface area (Å²) in [6.07, 6.45) is 8.95. The topological polar surface area (TPSA) is 0 Å². The summed E-state index contributed by atoms with van der Waals surface area (Å²) in [5.74, 6) is 0. The third-order valence-corrected chi connectivity index (χ3v) is 2.40. The van der Waals surface area contributed by atoms with E-state index in [-0.39, 0.29) is 0 Å². The van der Waals surface area contributed by atoms with Gasteiger partial charge in [0, 0.05) is 0 Å². The molecule has 0 amide bonds. The molecule has 1 aromatic carbocycles. The lowest BCUT2D eigenvalue weighted by Crippen LogP contribution is -1.80. The number of hydrogen-bond donors (Lipinski definition) is 0. The Bertz CT molecular complexity index is 356. The summed E-state index contributed by atoms with van der Waals surface area (Å²) in [7, 11) is 0. The van der Waals surface area contributed by atoms with Gasteiger partial charge in [-0.05, 0) is 29.5 Å². The highest BCUT2D eigenvalue weighted by atomic mass is 14.1. The van der Waals surface area contributed by atoms with E-state index in [1.807, 2.05) is 0 Å². The van der Waals surface area contributed by atoms with Crippen molar-refractivity contribution in [2.24, 2.45) is 0 Å². The molecule has 1 aromatic rings. The predicted molar refractivity (Wildman–Crippen MR) is 57.6 cm³/mol. The molecule has 1 aliphatic carbocycles. The fourth-order valence-electron chi connectivity index (χ4n) is 1.71. The van der Waals surface area contributed by atoms with Gasteiger partial charge in [0.05, 0.1) is 0 Å². The zero-order valence-electron chi connectivity index (χ0n) is 7.96. The van der Waals surface area contributed by atoms with Crippen molar-refractivity contribution in [3.63, 3.8) is 0 Å². The van der Waals surface area contributed by atoms with Crippen molar-refractivity contribution in [1.29, 1.82) is 0 Å². The summed E-state index contributed by atoms with van der Waals surface area (Å²) in [5.41, 5.74) is 4.25. The lowest BCUT2D eigenvalue weighted by atomic mass is 10.1. The van der Waals surface area contributed by atoms with E-state index in [1.165, 1.54) is 16.7 Å². The van der Waals surface area contributed by atoms with Crippen molar-refractivity contribution in [3.8, 4) is 0 Å². The van der Waals surface area contributed by atoms with Crippen molar-refractivity contribution >= 4 is 5.57 Å². The van der Waals surface area contributed by atoms with Gasteiger partial charge in [-0.25, -0.2) is 0 Å². The summed E-state index contributed by atoms with van der Waals surface area (Å²) in [6.45, 7) is 2.16. The molecule has 0 bridgehead atoms. The summed E-state index contributed by atoms with van der Waals surface area (Å²) in [6, 6.07) is 8.63. The first kappa shape index (κ1) is 8.31. The van der Waals surface area contributed by atoms with Crippen LogP contribution < -0.4 is 0 Å². The lowest BCUT2D eigenvalue weighted by Gasteiger charge is -1.99. The molecule has 0 saturated heterocycles. The van der Waals surface area contributed by atoms with Gasteiger partial charge in [0.15, 0.2) is 0 Å². The fourth-order valence-corrected chi connectivity index (χ4v) is 1.71. The highest BCUT2D eigenvalue weighted by Crippen LogP contribution is 2.27. The van der Waals surface area contributed by atoms with Gasteiger partial charge in [0.1, 0.15) is 0 Å². The maximum Gasteiger partial charge on any atom is -0.00821 e. The van der Waals surface area contributed by atoms with Crippen LogP contribution in [-0.4, -0.2) is 0 Å². The summed E-state index contributed by atoms with van der Waals surface area (Å²) in [4.78, 5) is 0.